The maximum Gasteiger partial charge on any atom is -0.00468 e. The minimum atomic E-state index is 0.498. The molecule has 2 aliphatic carbocycles. The van der Waals surface area contributed by atoms with Crippen LogP contribution >= 0.6 is 0 Å². The second kappa shape index (κ2) is 5.54. The van der Waals surface area contributed by atoms with E-state index in [1.165, 1.54) is 57.8 Å². The Balaban J connectivity index is 1.94. The van der Waals surface area contributed by atoms with Crippen LogP contribution in [0.1, 0.15) is 77.2 Å². The molecule has 2 bridgehead atoms. The maximum atomic E-state index is 2.47. The third kappa shape index (κ3) is 2.43. The van der Waals surface area contributed by atoms with Crippen molar-refractivity contribution in [3.63, 3.8) is 0 Å². The molecule has 1 aromatic carbocycles. The molecule has 0 N–H and O–H groups in total. The van der Waals surface area contributed by atoms with Gasteiger partial charge in [-0.05, 0) is 60.8 Å². The van der Waals surface area contributed by atoms with E-state index in [4.69, 9.17) is 0 Å². The van der Waals surface area contributed by atoms with Gasteiger partial charge < -0.3 is 0 Å². The minimum absolute atomic E-state index is 0.498. The molecule has 110 valence electrons. The zero-order valence-electron chi connectivity index (χ0n) is 13.3. The van der Waals surface area contributed by atoms with E-state index >= 15 is 0 Å². The van der Waals surface area contributed by atoms with Crippen LogP contribution < -0.4 is 0 Å². The molecule has 0 aromatic heterocycles. The van der Waals surface area contributed by atoms with Gasteiger partial charge in [-0.15, -0.1) is 0 Å². The molecule has 2 aliphatic rings. The average Bonchev–Trinajstić information content (AvgIpc) is 2.58. The molecule has 0 radical (unpaired) electrons. The molecule has 2 fully saturated rings. The van der Waals surface area contributed by atoms with Crippen molar-refractivity contribution in [3.8, 4) is 0 Å². The zero-order chi connectivity index (χ0) is 14.1. The van der Waals surface area contributed by atoms with Crippen LogP contribution in [0.4, 0.5) is 0 Å². The quantitative estimate of drug-likeness (QED) is 0.608. The van der Waals surface area contributed by atoms with Crippen molar-refractivity contribution in [2.45, 2.75) is 77.0 Å². The molecular formula is C20H30. The smallest absolute Gasteiger partial charge is 0.00468 e. The highest BCUT2D eigenvalue weighted by Gasteiger charge is 2.43. The van der Waals surface area contributed by atoms with Crippen molar-refractivity contribution in [3.05, 3.63) is 35.9 Å². The summed E-state index contributed by atoms with van der Waals surface area (Å²) in [6.07, 6.45) is 13.0. The van der Waals surface area contributed by atoms with Crippen molar-refractivity contribution in [1.82, 2.24) is 0 Å². The number of fused-ring (bicyclic) bond motifs is 3. The van der Waals surface area contributed by atoms with E-state index in [9.17, 15) is 0 Å². The molecule has 0 aliphatic heterocycles. The predicted octanol–water partition coefficient (Wildman–Crippen LogP) is 6.10. The lowest BCUT2D eigenvalue weighted by Gasteiger charge is -2.41. The minimum Gasteiger partial charge on any atom is -0.0622 e. The molecule has 0 saturated heterocycles. The van der Waals surface area contributed by atoms with Gasteiger partial charge in [-0.2, -0.15) is 0 Å². The molecule has 0 amide bonds. The zero-order valence-corrected chi connectivity index (χ0v) is 13.3. The van der Waals surface area contributed by atoms with Gasteiger partial charge >= 0.3 is 0 Å². The number of rotatable bonds is 2. The Morgan fingerprint density at radius 3 is 2.15 bits per heavy atom. The van der Waals surface area contributed by atoms with Gasteiger partial charge in [-0.25, -0.2) is 0 Å². The van der Waals surface area contributed by atoms with E-state index in [-0.39, 0.29) is 0 Å². The van der Waals surface area contributed by atoms with Crippen molar-refractivity contribution in [2.75, 3.05) is 0 Å². The van der Waals surface area contributed by atoms with Gasteiger partial charge in [0.15, 0.2) is 0 Å². The van der Waals surface area contributed by atoms with Crippen LogP contribution in [0.3, 0.4) is 0 Å². The molecule has 20 heavy (non-hydrogen) atoms. The molecule has 2 atom stereocenters. The van der Waals surface area contributed by atoms with Gasteiger partial charge in [-0.3, -0.25) is 0 Å². The van der Waals surface area contributed by atoms with Gasteiger partial charge in [0.25, 0.3) is 0 Å². The van der Waals surface area contributed by atoms with Crippen molar-refractivity contribution in [2.24, 2.45) is 11.3 Å². The summed E-state index contributed by atoms with van der Waals surface area (Å²) in [6, 6.07) is 11.4. The summed E-state index contributed by atoms with van der Waals surface area (Å²) in [4.78, 5) is 0. The van der Waals surface area contributed by atoms with Gasteiger partial charge in [-0.1, -0.05) is 63.4 Å². The molecular weight excluding hydrogens is 240 g/mol. The Labute approximate surface area is 125 Å². The SMILES string of the molecule is CC(C)C12CCCCC(c3ccccc3)(CCC1)CC2. The van der Waals surface area contributed by atoms with Crippen molar-refractivity contribution in [1.29, 1.82) is 0 Å². The first kappa shape index (κ1) is 14.2. The predicted molar refractivity (Wildman–Crippen MR) is 86.9 cm³/mol. The first-order valence-electron chi connectivity index (χ1n) is 8.73. The standard InChI is InChI=1S/C20H30/c1-17(2)19-11-6-7-12-20(16-15-19,14-8-13-19)18-9-4-3-5-10-18/h3-5,9-10,17H,6-8,11-16H2,1-2H3. The summed E-state index contributed by atoms with van der Waals surface area (Å²) < 4.78 is 0. The fraction of sp³-hybridized carbons (Fsp3) is 0.700. The summed E-state index contributed by atoms with van der Waals surface area (Å²) in [5.41, 5.74) is 2.77. The van der Waals surface area contributed by atoms with E-state index in [0.717, 1.165) is 5.92 Å². The summed E-state index contributed by atoms with van der Waals surface area (Å²) in [5, 5.41) is 0. The van der Waals surface area contributed by atoms with E-state index in [1.54, 1.807) is 5.56 Å². The summed E-state index contributed by atoms with van der Waals surface area (Å²) in [6.45, 7) is 4.94. The van der Waals surface area contributed by atoms with Crippen LogP contribution in [-0.4, -0.2) is 0 Å². The third-order valence-corrected chi connectivity index (χ3v) is 6.62. The summed E-state index contributed by atoms with van der Waals surface area (Å²) in [7, 11) is 0. The van der Waals surface area contributed by atoms with Gasteiger partial charge in [0.05, 0.1) is 0 Å². The van der Waals surface area contributed by atoms with Gasteiger partial charge in [0.2, 0.25) is 0 Å². The first-order valence-corrected chi connectivity index (χ1v) is 8.73. The molecule has 1 aromatic rings. The van der Waals surface area contributed by atoms with Crippen LogP contribution in [0, 0.1) is 11.3 Å². The highest BCUT2D eigenvalue weighted by molar-refractivity contribution is 5.26. The molecule has 2 unspecified atom stereocenters. The van der Waals surface area contributed by atoms with Crippen molar-refractivity contribution < 1.29 is 0 Å². The Morgan fingerprint density at radius 1 is 0.750 bits per heavy atom. The lowest BCUT2D eigenvalue weighted by atomic mass is 9.64. The monoisotopic (exact) mass is 270 g/mol. The fourth-order valence-electron chi connectivity index (χ4n) is 5.05. The Morgan fingerprint density at radius 2 is 1.40 bits per heavy atom. The fourth-order valence-corrected chi connectivity index (χ4v) is 5.05. The Bertz CT molecular complexity index is 433. The Hall–Kier alpha value is -0.780. The van der Waals surface area contributed by atoms with E-state index in [1.807, 2.05) is 0 Å². The second-order valence-electron chi connectivity index (χ2n) is 7.72. The van der Waals surface area contributed by atoms with E-state index in [0.29, 0.717) is 10.8 Å². The van der Waals surface area contributed by atoms with Crippen LogP contribution in [0.15, 0.2) is 30.3 Å². The number of benzene rings is 1. The van der Waals surface area contributed by atoms with E-state index < -0.39 is 0 Å². The second-order valence-corrected chi connectivity index (χ2v) is 7.72. The van der Waals surface area contributed by atoms with Gasteiger partial charge in [0, 0.05) is 0 Å². The number of hydrogen-bond acceptors (Lipinski definition) is 0. The Kier molecular flexibility index (Phi) is 3.93. The first-order chi connectivity index (χ1) is 9.67. The lowest BCUT2D eigenvalue weighted by molar-refractivity contribution is 0.122. The van der Waals surface area contributed by atoms with Crippen LogP contribution in [0.2, 0.25) is 0 Å². The van der Waals surface area contributed by atoms with Crippen molar-refractivity contribution >= 4 is 0 Å². The molecule has 0 heterocycles. The highest BCUT2D eigenvalue weighted by atomic mass is 14.5. The molecule has 2 saturated carbocycles. The molecule has 3 rings (SSSR count). The lowest BCUT2D eigenvalue weighted by Crippen LogP contribution is -2.31. The van der Waals surface area contributed by atoms with Crippen LogP contribution in [0.5, 0.6) is 0 Å². The molecule has 0 heteroatoms. The summed E-state index contributed by atoms with van der Waals surface area (Å²) in [5.74, 6) is 0.854. The maximum absolute atomic E-state index is 2.47. The normalized spacial score (nSPS) is 34.5. The molecule has 0 spiro atoms. The topological polar surface area (TPSA) is 0 Å². The largest absolute Gasteiger partial charge is 0.0622 e. The van der Waals surface area contributed by atoms with Crippen LogP contribution in [0.25, 0.3) is 0 Å². The molecule has 0 nitrogen and oxygen atoms in total. The van der Waals surface area contributed by atoms with Gasteiger partial charge in [0.1, 0.15) is 0 Å². The van der Waals surface area contributed by atoms with E-state index in [2.05, 4.69) is 44.2 Å². The number of hydrogen-bond donors (Lipinski definition) is 0. The third-order valence-electron chi connectivity index (χ3n) is 6.62. The highest BCUT2D eigenvalue weighted by Crippen LogP contribution is 2.54. The summed E-state index contributed by atoms with van der Waals surface area (Å²) >= 11 is 0. The average molecular weight is 270 g/mol. The van der Waals surface area contributed by atoms with Crippen LogP contribution in [-0.2, 0) is 5.41 Å².